The molecule has 0 fully saturated rings. The summed E-state index contributed by atoms with van der Waals surface area (Å²) in [7, 11) is 0. The summed E-state index contributed by atoms with van der Waals surface area (Å²) in [6, 6.07) is 6.43. The second-order valence-corrected chi connectivity index (χ2v) is 9.05. The third-order valence-electron chi connectivity index (χ3n) is 6.16. The standard InChI is InChI=1S/C24H33ClN8O3/c1-4-6-7-20-27-22(25)18(14-34)33(20)13-16-8-10-17(11-9-16)23(35)28-21(15(3)5-2)24(36)26-12-19-29-31-32-30-19/h8-11,15,21,34H,4-7,12-14H2,1-3H3,(H,26,36)(H,28,35)(H,29,30,31,32)/t15-,21-/m0/s1. The van der Waals surface area contributed by atoms with Gasteiger partial charge < -0.3 is 20.3 Å². The maximum absolute atomic E-state index is 13.0. The largest absolute Gasteiger partial charge is 0.390 e. The van der Waals surface area contributed by atoms with E-state index in [1.807, 2.05) is 30.5 Å². The molecule has 12 heteroatoms. The van der Waals surface area contributed by atoms with Crippen molar-refractivity contribution in [3.05, 3.63) is 57.9 Å². The lowest BCUT2D eigenvalue weighted by molar-refractivity contribution is -0.124. The fourth-order valence-corrected chi connectivity index (χ4v) is 4.03. The van der Waals surface area contributed by atoms with Crippen molar-refractivity contribution in [2.45, 2.75) is 72.2 Å². The summed E-state index contributed by atoms with van der Waals surface area (Å²) in [6.07, 6.45) is 3.47. The van der Waals surface area contributed by atoms with Gasteiger partial charge in [-0.25, -0.2) is 4.98 Å². The number of tetrazole rings is 1. The van der Waals surface area contributed by atoms with Crippen LogP contribution in [0.1, 0.15) is 73.3 Å². The molecule has 1 aromatic carbocycles. The molecule has 2 atom stereocenters. The summed E-state index contributed by atoms with van der Waals surface area (Å²) < 4.78 is 1.93. The monoisotopic (exact) mass is 516 g/mol. The highest BCUT2D eigenvalue weighted by Gasteiger charge is 2.26. The maximum Gasteiger partial charge on any atom is 0.251 e. The highest BCUT2D eigenvalue weighted by Crippen LogP contribution is 2.21. The highest BCUT2D eigenvalue weighted by molar-refractivity contribution is 6.30. The summed E-state index contributed by atoms with van der Waals surface area (Å²) in [5, 5.41) is 29.1. The first-order valence-corrected chi connectivity index (χ1v) is 12.5. The molecule has 2 amide bonds. The lowest BCUT2D eigenvalue weighted by Gasteiger charge is -2.23. The van der Waals surface area contributed by atoms with Gasteiger partial charge in [-0.05, 0) is 30.0 Å². The number of aromatic nitrogens is 6. The zero-order valence-corrected chi connectivity index (χ0v) is 21.5. The van der Waals surface area contributed by atoms with Crippen molar-refractivity contribution in [3.63, 3.8) is 0 Å². The van der Waals surface area contributed by atoms with E-state index in [0.29, 0.717) is 35.2 Å². The molecule has 0 radical (unpaired) electrons. The number of hydrogen-bond donors (Lipinski definition) is 4. The average molecular weight is 517 g/mol. The highest BCUT2D eigenvalue weighted by atomic mass is 35.5. The van der Waals surface area contributed by atoms with E-state index in [4.69, 9.17) is 11.6 Å². The van der Waals surface area contributed by atoms with Gasteiger partial charge in [-0.2, -0.15) is 5.21 Å². The van der Waals surface area contributed by atoms with E-state index in [1.54, 1.807) is 12.1 Å². The third-order valence-corrected chi connectivity index (χ3v) is 6.46. The van der Waals surface area contributed by atoms with E-state index in [-0.39, 0.29) is 30.9 Å². The number of aliphatic hydroxyl groups excluding tert-OH is 1. The molecule has 0 aliphatic heterocycles. The molecule has 3 rings (SSSR count). The van der Waals surface area contributed by atoms with Crippen molar-refractivity contribution < 1.29 is 14.7 Å². The molecule has 2 aromatic heterocycles. The molecular weight excluding hydrogens is 484 g/mol. The zero-order chi connectivity index (χ0) is 26.1. The number of nitrogens with zero attached hydrogens (tertiary/aromatic N) is 5. The van der Waals surface area contributed by atoms with Gasteiger partial charge in [0, 0.05) is 18.5 Å². The topological polar surface area (TPSA) is 151 Å². The predicted molar refractivity (Wildman–Crippen MR) is 134 cm³/mol. The Labute approximate surface area is 215 Å². The number of amides is 2. The molecule has 4 N–H and O–H groups in total. The number of halogens is 1. The summed E-state index contributed by atoms with van der Waals surface area (Å²) in [5.74, 6) is 0.451. The van der Waals surface area contributed by atoms with Crippen molar-refractivity contribution in [2.75, 3.05) is 0 Å². The molecule has 11 nitrogen and oxygen atoms in total. The lowest BCUT2D eigenvalue weighted by Crippen LogP contribution is -2.50. The van der Waals surface area contributed by atoms with Crippen LogP contribution in [0.15, 0.2) is 24.3 Å². The molecule has 3 aromatic rings. The summed E-state index contributed by atoms with van der Waals surface area (Å²) in [5.41, 5.74) is 1.95. The molecule has 194 valence electrons. The van der Waals surface area contributed by atoms with E-state index in [2.05, 4.69) is 43.2 Å². The summed E-state index contributed by atoms with van der Waals surface area (Å²) in [4.78, 5) is 30.2. The fourth-order valence-electron chi connectivity index (χ4n) is 3.77. The van der Waals surface area contributed by atoms with Crippen molar-refractivity contribution in [2.24, 2.45) is 5.92 Å². The van der Waals surface area contributed by atoms with Crippen LogP contribution in [0.2, 0.25) is 5.15 Å². The van der Waals surface area contributed by atoms with Crippen molar-refractivity contribution >= 4 is 23.4 Å². The van der Waals surface area contributed by atoms with Crippen LogP contribution in [0.5, 0.6) is 0 Å². The quantitative estimate of drug-likeness (QED) is 0.272. The van der Waals surface area contributed by atoms with E-state index in [1.165, 1.54) is 0 Å². The molecule has 0 spiro atoms. The van der Waals surface area contributed by atoms with Crippen LogP contribution >= 0.6 is 11.6 Å². The van der Waals surface area contributed by atoms with Gasteiger partial charge in [0.1, 0.15) is 11.9 Å². The Morgan fingerprint density at radius 3 is 2.58 bits per heavy atom. The molecule has 0 aliphatic carbocycles. The Balaban J connectivity index is 1.68. The van der Waals surface area contributed by atoms with Gasteiger partial charge in [0.05, 0.1) is 18.8 Å². The Hall–Kier alpha value is -3.31. The number of imidazole rings is 1. The minimum atomic E-state index is -0.713. The van der Waals surface area contributed by atoms with E-state index in [0.717, 1.165) is 30.7 Å². The van der Waals surface area contributed by atoms with Crippen LogP contribution in [-0.2, 0) is 30.9 Å². The number of H-pyrrole nitrogens is 1. The molecular formula is C24H33ClN8O3. The number of carbonyl (C=O) groups excluding carboxylic acids is 2. The average Bonchev–Trinajstić information content (AvgIpc) is 3.51. The number of nitrogens with one attached hydrogen (secondary N) is 3. The summed E-state index contributed by atoms with van der Waals surface area (Å²) >= 11 is 6.24. The van der Waals surface area contributed by atoms with E-state index >= 15 is 0 Å². The van der Waals surface area contributed by atoms with Crippen LogP contribution in [0.4, 0.5) is 0 Å². The van der Waals surface area contributed by atoms with Crippen LogP contribution < -0.4 is 10.6 Å². The van der Waals surface area contributed by atoms with Crippen LogP contribution in [0.25, 0.3) is 0 Å². The molecule has 36 heavy (non-hydrogen) atoms. The minimum absolute atomic E-state index is 0.0806. The number of aromatic amines is 1. The number of rotatable bonds is 13. The fraction of sp³-hybridized carbons (Fsp3) is 0.500. The first-order valence-electron chi connectivity index (χ1n) is 12.1. The van der Waals surface area contributed by atoms with Gasteiger partial charge in [-0.1, -0.05) is 62.6 Å². The molecule has 0 saturated carbocycles. The smallest absolute Gasteiger partial charge is 0.251 e. The van der Waals surface area contributed by atoms with E-state index in [9.17, 15) is 14.7 Å². The van der Waals surface area contributed by atoms with Crippen LogP contribution in [0, 0.1) is 5.92 Å². The summed E-state index contributed by atoms with van der Waals surface area (Å²) in [6.45, 7) is 6.36. The molecule has 0 unspecified atom stereocenters. The maximum atomic E-state index is 13.0. The predicted octanol–water partition coefficient (Wildman–Crippen LogP) is 2.39. The number of carbonyl (C=O) groups is 2. The van der Waals surface area contributed by atoms with Crippen LogP contribution in [0.3, 0.4) is 0 Å². The zero-order valence-electron chi connectivity index (χ0n) is 20.8. The number of aryl methyl sites for hydroxylation is 1. The Bertz CT molecular complexity index is 1130. The van der Waals surface area contributed by atoms with Gasteiger partial charge in [-0.15, -0.1) is 10.2 Å². The molecule has 2 heterocycles. The molecule has 0 saturated heterocycles. The van der Waals surface area contributed by atoms with Crippen molar-refractivity contribution in [1.29, 1.82) is 0 Å². The molecule has 0 aliphatic rings. The first kappa shape index (κ1) is 27.3. The number of unbranched alkanes of at least 4 members (excludes halogenated alkanes) is 1. The molecule has 0 bridgehead atoms. The van der Waals surface area contributed by atoms with Crippen molar-refractivity contribution in [1.82, 2.24) is 40.8 Å². The SMILES string of the molecule is CCCCc1nc(Cl)c(CO)n1Cc1ccc(C(=O)N[C@H](C(=O)NCc2nn[nH]n2)[C@@H](C)CC)cc1. The minimum Gasteiger partial charge on any atom is -0.390 e. The van der Waals surface area contributed by atoms with Gasteiger partial charge in [0.25, 0.3) is 5.91 Å². The number of aliphatic hydroxyl groups is 1. The third kappa shape index (κ3) is 6.88. The van der Waals surface area contributed by atoms with Gasteiger partial charge in [0.2, 0.25) is 5.91 Å². The van der Waals surface area contributed by atoms with Gasteiger partial charge >= 0.3 is 0 Å². The van der Waals surface area contributed by atoms with Gasteiger partial charge in [-0.3, -0.25) is 9.59 Å². The number of hydrogen-bond acceptors (Lipinski definition) is 7. The first-order chi connectivity index (χ1) is 17.4. The van der Waals surface area contributed by atoms with E-state index < -0.39 is 6.04 Å². The Morgan fingerprint density at radius 1 is 1.22 bits per heavy atom. The normalized spacial score (nSPS) is 12.8. The Morgan fingerprint density at radius 2 is 1.97 bits per heavy atom. The Kier molecular flexibility index (Phi) is 9.95. The van der Waals surface area contributed by atoms with Gasteiger partial charge in [0.15, 0.2) is 11.0 Å². The lowest BCUT2D eigenvalue weighted by atomic mass is 9.97. The second kappa shape index (κ2) is 13.1. The van der Waals surface area contributed by atoms with Crippen molar-refractivity contribution in [3.8, 4) is 0 Å². The van der Waals surface area contributed by atoms with Crippen LogP contribution in [-0.4, -0.2) is 53.1 Å². The number of benzene rings is 1. The second-order valence-electron chi connectivity index (χ2n) is 8.69.